The standard InChI is InChI=1S/C13H14BrNO4/c1-8(2)4-5-19-13-11(9(3)16)6-10(14)7-12(13)15(17)18/h4,6-7H,5H2,1-3H3. The zero-order valence-corrected chi connectivity index (χ0v) is 12.5. The molecule has 1 aromatic carbocycles. The predicted molar refractivity (Wildman–Crippen MR) is 75.7 cm³/mol. The first-order valence-corrected chi connectivity index (χ1v) is 6.37. The summed E-state index contributed by atoms with van der Waals surface area (Å²) in [5.41, 5.74) is 1.01. The number of Topliss-reactive ketones (excluding diaryl/α,β-unsaturated/α-hetero) is 1. The average molecular weight is 328 g/mol. The Morgan fingerprint density at radius 3 is 2.53 bits per heavy atom. The third-order valence-corrected chi connectivity index (χ3v) is 2.79. The summed E-state index contributed by atoms with van der Waals surface area (Å²) >= 11 is 3.15. The van der Waals surface area contributed by atoms with Crippen molar-refractivity contribution in [3.63, 3.8) is 0 Å². The van der Waals surface area contributed by atoms with Crippen LogP contribution in [0.5, 0.6) is 5.75 Å². The Labute approximate surface area is 119 Å². The molecule has 0 bridgehead atoms. The summed E-state index contributed by atoms with van der Waals surface area (Å²) in [4.78, 5) is 22.0. The first kappa shape index (κ1) is 15.4. The Balaban J connectivity index is 3.27. The van der Waals surface area contributed by atoms with Crippen LogP contribution in [0.4, 0.5) is 5.69 Å². The van der Waals surface area contributed by atoms with Gasteiger partial charge in [-0.3, -0.25) is 14.9 Å². The molecule has 19 heavy (non-hydrogen) atoms. The van der Waals surface area contributed by atoms with Gasteiger partial charge in [0.15, 0.2) is 5.78 Å². The topological polar surface area (TPSA) is 69.4 Å². The van der Waals surface area contributed by atoms with Gasteiger partial charge in [0.25, 0.3) is 0 Å². The van der Waals surface area contributed by atoms with Crippen molar-refractivity contribution in [1.29, 1.82) is 0 Å². The van der Waals surface area contributed by atoms with E-state index in [-0.39, 0.29) is 29.4 Å². The molecule has 6 heteroatoms. The van der Waals surface area contributed by atoms with Gasteiger partial charge in [-0.1, -0.05) is 21.5 Å². The second kappa shape index (κ2) is 6.47. The number of nitro groups is 1. The highest BCUT2D eigenvalue weighted by atomic mass is 79.9. The van der Waals surface area contributed by atoms with Crippen LogP contribution in [0.3, 0.4) is 0 Å². The minimum absolute atomic E-state index is 0.0122. The minimum Gasteiger partial charge on any atom is -0.482 e. The molecule has 0 fully saturated rings. The van der Waals surface area contributed by atoms with Crippen molar-refractivity contribution >= 4 is 27.4 Å². The van der Waals surface area contributed by atoms with Crippen molar-refractivity contribution in [3.05, 3.63) is 43.9 Å². The Bertz CT molecular complexity index is 513. The predicted octanol–water partition coefficient (Wildman–Crippen LogP) is 3.90. The highest BCUT2D eigenvalue weighted by Gasteiger charge is 2.22. The summed E-state index contributed by atoms with van der Waals surface area (Å²) in [5.74, 6) is -0.269. The van der Waals surface area contributed by atoms with Gasteiger partial charge >= 0.3 is 5.69 Å². The van der Waals surface area contributed by atoms with Crippen molar-refractivity contribution in [3.8, 4) is 5.75 Å². The normalized spacial score (nSPS) is 9.89. The van der Waals surface area contributed by atoms with Gasteiger partial charge < -0.3 is 4.74 Å². The van der Waals surface area contributed by atoms with Gasteiger partial charge in [-0.25, -0.2) is 0 Å². The van der Waals surface area contributed by atoms with E-state index >= 15 is 0 Å². The molecule has 0 saturated heterocycles. The third-order valence-electron chi connectivity index (χ3n) is 2.33. The first-order valence-electron chi connectivity index (χ1n) is 5.58. The van der Waals surface area contributed by atoms with Gasteiger partial charge in [0.2, 0.25) is 5.75 Å². The van der Waals surface area contributed by atoms with Gasteiger partial charge in [0.1, 0.15) is 6.61 Å². The fourth-order valence-corrected chi connectivity index (χ4v) is 1.87. The third kappa shape index (κ3) is 4.17. The lowest BCUT2D eigenvalue weighted by Crippen LogP contribution is -2.05. The van der Waals surface area contributed by atoms with Crippen molar-refractivity contribution in [1.82, 2.24) is 0 Å². The van der Waals surface area contributed by atoms with Crippen LogP contribution in [0.1, 0.15) is 31.1 Å². The second-order valence-electron chi connectivity index (χ2n) is 4.21. The van der Waals surface area contributed by atoms with Gasteiger partial charge in [0.05, 0.1) is 10.5 Å². The van der Waals surface area contributed by atoms with Crippen LogP contribution in [0.25, 0.3) is 0 Å². The van der Waals surface area contributed by atoms with E-state index in [2.05, 4.69) is 15.9 Å². The SMILES string of the molecule is CC(=O)c1cc(Br)cc([N+](=O)[O-])c1OCC=C(C)C. The lowest BCUT2D eigenvalue weighted by molar-refractivity contribution is -0.385. The molecule has 0 saturated carbocycles. The van der Waals surface area contributed by atoms with Crippen LogP contribution in [-0.4, -0.2) is 17.3 Å². The van der Waals surface area contributed by atoms with E-state index in [1.807, 2.05) is 13.8 Å². The average Bonchev–Trinajstić information content (AvgIpc) is 2.29. The van der Waals surface area contributed by atoms with Crippen LogP contribution < -0.4 is 4.74 Å². The fraction of sp³-hybridized carbons (Fsp3) is 0.308. The van der Waals surface area contributed by atoms with Crippen LogP contribution in [0, 0.1) is 10.1 Å². The molecular weight excluding hydrogens is 314 g/mol. The van der Waals surface area contributed by atoms with Gasteiger partial charge in [-0.15, -0.1) is 0 Å². The summed E-state index contributed by atoms with van der Waals surface area (Å²) in [6.07, 6.45) is 1.79. The summed E-state index contributed by atoms with van der Waals surface area (Å²) in [6.45, 7) is 5.32. The highest BCUT2D eigenvalue weighted by Crippen LogP contribution is 2.35. The molecule has 0 heterocycles. The molecule has 5 nitrogen and oxygen atoms in total. The number of nitro benzene ring substituents is 1. The summed E-state index contributed by atoms with van der Waals surface area (Å²) in [5, 5.41) is 11.0. The molecule has 1 rings (SSSR count). The lowest BCUT2D eigenvalue weighted by Gasteiger charge is -2.09. The number of carbonyl (C=O) groups is 1. The number of hydrogen-bond acceptors (Lipinski definition) is 4. The number of ketones is 1. The largest absolute Gasteiger partial charge is 0.482 e. The van der Waals surface area contributed by atoms with Gasteiger partial charge in [0, 0.05) is 10.5 Å². The molecule has 0 N–H and O–H groups in total. The van der Waals surface area contributed by atoms with Crippen LogP contribution in [0.15, 0.2) is 28.3 Å². The number of halogens is 1. The maximum atomic E-state index is 11.6. The number of nitrogens with zero attached hydrogens (tertiary/aromatic N) is 1. The quantitative estimate of drug-likeness (QED) is 0.356. The molecular formula is C13H14BrNO4. The smallest absolute Gasteiger partial charge is 0.312 e. The summed E-state index contributed by atoms with van der Waals surface area (Å²) in [6, 6.07) is 2.84. The molecule has 0 atom stereocenters. The van der Waals surface area contributed by atoms with E-state index in [1.54, 1.807) is 6.08 Å². The molecule has 0 spiro atoms. The lowest BCUT2D eigenvalue weighted by atomic mass is 10.1. The summed E-state index contributed by atoms with van der Waals surface area (Å²) < 4.78 is 5.87. The van der Waals surface area contributed by atoms with Crippen molar-refractivity contribution in [2.24, 2.45) is 0 Å². The van der Waals surface area contributed by atoms with E-state index in [4.69, 9.17) is 4.74 Å². The molecule has 0 amide bonds. The monoisotopic (exact) mass is 327 g/mol. The molecule has 0 unspecified atom stereocenters. The molecule has 0 aliphatic heterocycles. The van der Waals surface area contributed by atoms with E-state index in [0.717, 1.165) is 5.57 Å². The molecule has 102 valence electrons. The molecule has 1 aromatic rings. The number of hydrogen-bond donors (Lipinski definition) is 0. The van der Waals surface area contributed by atoms with Crippen LogP contribution in [0.2, 0.25) is 0 Å². The molecule has 0 radical (unpaired) electrons. The highest BCUT2D eigenvalue weighted by molar-refractivity contribution is 9.10. The minimum atomic E-state index is -0.560. The Morgan fingerprint density at radius 2 is 2.05 bits per heavy atom. The zero-order valence-electron chi connectivity index (χ0n) is 10.9. The summed E-state index contributed by atoms with van der Waals surface area (Å²) in [7, 11) is 0. The van der Waals surface area contributed by atoms with E-state index in [1.165, 1.54) is 19.1 Å². The first-order chi connectivity index (χ1) is 8.82. The molecule has 0 aliphatic carbocycles. The van der Waals surface area contributed by atoms with E-state index in [0.29, 0.717) is 4.47 Å². The number of ether oxygens (including phenoxy) is 1. The Kier molecular flexibility index (Phi) is 5.23. The van der Waals surface area contributed by atoms with Crippen LogP contribution in [-0.2, 0) is 0 Å². The van der Waals surface area contributed by atoms with E-state index < -0.39 is 4.92 Å². The maximum absolute atomic E-state index is 11.6. The van der Waals surface area contributed by atoms with Crippen molar-refractivity contribution < 1.29 is 14.5 Å². The Morgan fingerprint density at radius 1 is 1.42 bits per heavy atom. The maximum Gasteiger partial charge on any atom is 0.312 e. The zero-order chi connectivity index (χ0) is 14.6. The van der Waals surface area contributed by atoms with Crippen molar-refractivity contribution in [2.75, 3.05) is 6.61 Å². The second-order valence-corrected chi connectivity index (χ2v) is 5.12. The fourth-order valence-electron chi connectivity index (χ4n) is 1.42. The van der Waals surface area contributed by atoms with Gasteiger partial charge in [-0.05, 0) is 32.9 Å². The number of allylic oxidation sites excluding steroid dienone is 1. The molecule has 0 aliphatic rings. The Hall–Kier alpha value is -1.69. The van der Waals surface area contributed by atoms with E-state index in [9.17, 15) is 14.9 Å². The molecule has 0 aromatic heterocycles. The van der Waals surface area contributed by atoms with Crippen molar-refractivity contribution in [2.45, 2.75) is 20.8 Å². The van der Waals surface area contributed by atoms with Gasteiger partial charge in [-0.2, -0.15) is 0 Å². The number of benzene rings is 1. The van der Waals surface area contributed by atoms with Crippen LogP contribution >= 0.6 is 15.9 Å². The number of rotatable bonds is 5. The number of carbonyl (C=O) groups excluding carboxylic acids is 1.